The highest BCUT2D eigenvalue weighted by Gasteiger charge is 2.19. The average Bonchev–Trinajstić information content (AvgIpc) is 2.32. The van der Waals surface area contributed by atoms with Crippen LogP contribution in [0.25, 0.3) is 0 Å². The van der Waals surface area contributed by atoms with Gasteiger partial charge < -0.3 is 9.80 Å². The second-order valence-corrected chi connectivity index (χ2v) is 7.13. The fraction of sp³-hybridized carbons (Fsp3) is 1.00. The summed E-state index contributed by atoms with van der Waals surface area (Å²) in [7, 11) is 1.99. The standard InChI is InChI=1S/C12H29N2O3S/c1-5-6-8-13-9-7-10-14(2,3)11-12-18(15,16)17-4/h13H,5-12H2,1-4H3/q+1. The van der Waals surface area contributed by atoms with E-state index in [0.717, 1.165) is 26.1 Å². The smallest absolute Gasteiger partial charge is 0.272 e. The fourth-order valence-corrected chi connectivity index (χ4v) is 2.50. The van der Waals surface area contributed by atoms with Gasteiger partial charge >= 0.3 is 0 Å². The molecule has 0 radical (unpaired) electrons. The van der Waals surface area contributed by atoms with Gasteiger partial charge in [0, 0.05) is 13.0 Å². The van der Waals surface area contributed by atoms with Crippen molar-refractivity contribution in [2.24, 2.45) is 0 Å². The van der Waals surface area contributed by atoms with E-state index in [1.54, 1.807) is 0 Å². The molecule has 0 rings (SSSR count). The zero-order chi connectivity index (χ0) is 14.1. The van der Waals surface area contributed by atoms with Crippen LogP contribution in [0.15, 0.2) is 0 Å². The minimum absolute atomic E-state index is 0.0831. The lowest BCUT2D eigenvalue weighted by atomic mass is 10.3. The van der Waals surface area contributed by atoms with Crippen LogP contribution in [0.3, 0.4) is 0 Å². The summed E-state index contributed by atoms with van der Waals surface area (Å²) >= 11 is 0. The molecule has 1 N–H and O–H groups in total. The highest BCUT2D eigenvalue weighted by Crippen LogP contribution is 2.02. The van der Waals surface area contributed by atoms with Gasteiger partial charge in [0.15, 0.2) is 0 Å². The molecule has 0 amide bonds. The maximum Gasteiger partial charge on any atom is 0.272 e. The van der Waals surface area contributed by atoms with E-state index in [1.807, 2.05) is 0 Å². The molecule has 0 spiro atoms. The van der Waals surface area contributed by atoms with Crippen molar-refractivity contribution < 1.29 is 17.1 Å². The number of hydrogen-bond donors (Lipinski definition) is 1. The van der Waals surface area contributed by atoms with Gasteiger partial charge in [-0.15, -0.1) is 0 Å². The monoisotopic (exact) mass is 281 g/mol. The molecule has 0 unspecified atom stereocenters. The van der Waals surface area contributed by atoms with Crippen LogP contribution in [0.5, 0.6) is 0 Å². The first-order valence-corrected chi connectivity index (χ1v) is 8.22. The third-order valence-corrected chi connectivity index (χ3v) is 4.22. The minimum atomic E-state index is -3.33. The maximum atomic E-state index is 11.2. The Morgan fingerprint density at radius 2 is 1.72 bits per heavy atom. The Morgan fingerprint density at radius 1 is 1.11 bits per heavy atom. The zero-order valence-corrected chi connectivity index (χ0v) is 13.1. The third kappa shape index (κ3) is 9.82. The molecule has 6 heteroatoms. The first kappa shape index (κ1) is 17.8. The molecule has 0 aromatic carbocycles. The zero-order valence-electron chi connectivity index (χ0n) is 12.2. The summed E-state index contributed by atoms with van der Waals surface area (Å²) in [5.74, 6) is 0.0831. The molecular weight excluding hydrogens is 252 g/mol. The molecule has 5 nitrogen and oxygen atoms in total. The summed E-state index contributed by atoms with van der Waals surface area (Å²) in [5.41, 5.74) is 0. The Morgan fingerprint density at radius 3 is 2.28 bits per heavy atom. The minimum Gasteiger partial charge on any atom is -0.328 e. The quantitative estimate of drug-likeness (QED) is 0.346. The van der Waals surface area contributed by atoms with E-state index in [2.05, 4.69) is 30.5 Å². The number of hydrogen-bond acceptors (Lipinski definition) is 4. The summed E-state index contributed by atoms with van der Waals surface area (Å²) in [6.07, 6.45) is 3.48. The molecule has 0 aromatic rings. The molecule has 0 bridgehead atoms. The molecule has 0 saturated heterocycles. The molecule has 0 atom stereocenters. The molecule has 18 heavy (non-hydrogen) atoms. The van der Waals surface area contributed by atoms with E-state index >= 15 is 0 Å². The highest BCUT2D eigenvalue weighted by molar-refractivity contribution is 7.86. The Bertz CT molecular complexity index is 302. The van der Waals surface area contributed by atoms with Crippen LogP contribution in [0.2, 0.25) is 0 Å². The molecule has 0 fully saturated rings. The van der Waals surface area contributed by atoms with Crippen LogP contribution in [-0.4, -0.2) is 66.0 Å². The van der Waals surface area contributed by atoms with Gasteiger partial charge in [-0.25, -0.2) is 0 Å². The maximum absolute atomic E-state index is 11.2. The summed E-state index contributed by atoms with van der Waals surface area (Å²) in [6, 6.07) is 0. The first-order valence-electron chi connectivity index (χ1n) is 6.64. The Labute approximate surface area is 112 Å². The van der Waals surface area contributed by atoms with E-state index in [4.69, 9.17) is 0 Å². The van der Waals surface area contributed by atoms with Crippen molar-refractivity contribution in [3.05, 3.63) is 0 Å². The van der Waals surface area contributed by atoms with Gasteiger partial charge in [-0.3, -0.25) is 4.18 Å². The van der Waals surface area contributed by atoms with Crippen molar-refractivity contribution >= 4 is 10.1 Å². The lowest BCUT2D eigenvalue weighted by molar-refractivity contribution is -0.888. The second-order valence-electron chi connectivity index (χ2n) is 5.27. The van der Waals surface area contributed by atoms with E-state index in [0.29, 0.717) is 11.0 Å². The molecule has 0 aliphatic rings. The van der Waals surface area contributed by atoms with Gasteiger partial charge in [0.1, 0.15) is 5.75 Å². The molecular formula is C12H29N2O3S+. The van der Waals surface area contributed by atoms with Crippen LogP contribution < -0.4 is 5.32 Å². The van der Waals surface area contributed by atoms with E-state index in [9.17, 15) is 8.42 Å². The van der Waals surface area contributed by atoms with Gasteiger partial charge in [0.05, 0.1) is 34.3 Å². The van der Waals surface area contributed by atoms with Crippen molar-refractivity contribution in [3.63, 3.8) is 0 Å². The van der Waals surface area contributed by atoms with E-state index in [-0.39, 0.29) is 5.75 Å². The van der Waals surface area contributed by atoms with Gasteiger partial charge in [-0.2, -0.15) is 8.42 Å². The van der Waals surface area contributed by atoms with Gasteiger partial charge in [-0.05, 0) is 13.0 Å². The number of quaternary nitrogens is 1. The van der Waals surface area contributed by atoms with Crippen LogP contribution in [0, 0.1) is 0 Å². The highest BCUT2D eigenvalue weighted by atomic mass is 32.2. The fourth-order valence-electron chi connectivity index (χ4n) is 1.61. The van der Waals surface area contributed by atoms with Gasteiger partial charge in [0.25, 0.3) is 10.1 Å². The summed E-state index contributed by atoms with van der Waals surface area (Å²) in [5, 5.41) is 3.39. The SMILES string of the molecule is CCCCNCCC[N+](C)(C)CCS(=O)(=O)OC. The van der Waals surface area contributed by atoms with Crippen LogP contribution in [0.4, 0.5) is 0 Å². The first-order chi connectivity index (χ1) is 8.33. The molecule has 0 aliphatic carbocycles. The van der Waals surface area contributed by atoms with Crippen molar-refractivity contribution in [3.8, 4) is 0 Å². The number of rotatable bonds is 11. The molecule has 0 aromatic heterocycles. The van der Waals surface area contributed by atoms with Crippen molar-refractivity contribution in [2.45, 2.75) is 26.2 Å². The number of nitrogens with zero attached hydrogens (tertiary/aromatic N) is 1. The number of unbranched alkanes of at least 4 members (excludes halogenated alkanes) is 1. The Kier molecular flexibility index (Phi) is 8.77. The topological polar surface area (TPSA) is 55.4 Å². The predicted octanol–water partition coefficient (Wildman–Crippen LogP) is 0.819. The third-order valence-electron chi connectivity index (χ3n) is 3.02. The van der Waals surface area contributed by atoms with Crippen molar-refractivity contribution in [2.75, 3.05) is 53.1 Å². The number of nitrogens with one attached hydrogen (secondary N) is 1. The summed E-state index contributed by atoms with van der Waals surface area (Å²) < 4.78 is 27.7. The van der Waals surface area contributed by atoms with E-state index in [1.165, 1.54) is 20.0 Å². The Balaban J connectivity index is 3.73. The van der Waals surface area contributed by atoms with Crippen molar-refractivity contribution in [1.29, 1.82) is 0 Å². The molecule has 0 aliphatic heterocycles. The lowest BCUT2D eigenvalue weighted by Crippen LogP contribution is -2.44. The van der Waals surface area contributed by atoms with Crippen LogP contribution in [-0.2, 0) is 14.3 Å². The average molecular weight is 281 g/mol. The molecule has 110 valence electrons. The van der Waals surface area contributed by atoms with E-state index < -0.39 is 10.1 Å². The molecule has 0 saturated carbocycles. The summed E-state index contributed by atoms with van der Waals surface area (Å²) in [4.78, 5) is 0. The lowest BCUT2D eigenvalue weighted by Gasteiger charge is -2.29. The largest absolute Gasteiger partial charge is 0.328 e. The Hall–Kier alpha value is -0.170. The normalized spacial score (nSPS) is 12.9. The predicted molar refractivity (Wildman–Crippen MR) is 75.0 cm³/mol. The van der Waals surface area contributed by atoms with Gasteiger partial charge in [-0.1, -0.05) is 13.3 Å². The van der Waals surface area contributed by atoms with Crippen LogP contribution >= 0.6 is 0 Å². The van der Waals surface area contributed by atoms with Crippen molar-refractivity contribution in [1.82, 2.24) is 5.32 Å². The summed E-state index contributed by atoms with van der Waals surface area (Å²) in [6.45, 7) is 5.81. The van der Waals surface area contributed by atoms with Crippen LogP contribution in [0.1, 0.15) is 26.2 Å². The van der Waals surface area contributed by atoms with Gasteiger partial charge in [0.2, 0.25) is 0 Å². The molecule has 0 heterocycles. The second kappa shape index (κ2) is 8.85.